The molecule has 0 saturated carbocycles. The van der Waals surface area contributed by atoms with Gasteiger partial charge in [0.25, 0.3) is 11.5 Å². The van der Waals surface area contributed by atoms with Gasteiger partial charge in [0, 0.05) is 0 Å². The van der Waals surface area contributed by atoms with Gasteiger partial charge in [0.1, 0.15) is 11.5 Å². The Balaban J connectivity index is 1.75. The highest BCUT2D eigenvalue weighted by Gasteiger charge is 2.29. The topological polar surface area (TPSA) is 84.2 Å². The minimum absolute atomic E-state index is 0.0146. The number of carbonyl (C=O) groups excluding carboxylic acids is 1. The van der Waals surface area contributed by atoms with E-state index in [4.69, 9.17) is 0 Å². The summed E-state index contributed by atoms with van der Waals surface area (Å²) in [6.07, 6.45) is 0. The molecule has 0 aliphatic carbocycles. The van der Waals surface area contributed by atoms with Gasteiger partial charge in [-0.1, -0.05) is 30.3 Å². The maximum absolute atomic E-state index is 14.8. The molecule has 0 spiro atoms. The lowest BCUT2D eigenvalue weighted by molar-refractivity contribution is 0.0860. The molecule has 34 heavy (non-hydrogen) atoms. The van der Waals surface area contributed by atoms with Crippen LogP contribution in [0, 0.1) is 12.7 Å². The van der Waals surface area contributed by atoms with Crippen molar-refractivity contribution >= 4 is 27.3 Å². The molecule has 2 N–H and O–H groups in total. The van der Waals surface area contributed by atoms with Crippen molar-refractivity contribution in [2.45, 2.75) is 32.5 Å². The van der Waals surface area contributed by atoms with Crippen LogP contribution in [0.5, 0.6) is 0 Å². The second-order valence-corrected chi connectivity index (χ2v) is 9.17. The third-order valence-electron chi connectivity index (χ3n) is 5.85. The summed E-state index contributed by atoms with van der Waals surface area (Å²) in [5.74, 6) is -1.20. The molecule has 0 aliphatic rings. The lowest BCUT2D eigenvalue weighted by atomic mass is 9.89. The normalized spacial score (nSPS) is 14.1. The van der Waals surface area contributed by atoms with Crippen LogP contribution in [0.1, 0.15) is 47.1 Å². The quantitative estimate of drug-likeness (QED) is 0.421. The Kier molecular flexibility index (Phi) is 6.33. The van der Waals surface area contributed by atoms with Crippen LogP contribution < -0.4 is 10.9 Å². The number of para-hydroxylation sites is 1. The number of nitrogens with zero attached hydrogens (tertiary/aromatic N) is 2. The van der Waals surface area contributed by atoms with Gasteiger partial charge < -0.3 is 10.4 Å². The molecule has 0 fully saturated rings. The third kappa shape index (κ3) is 4.12. The van der Waals surface area contributed by atoms with Gasteiger partial charge in [-0.3, -0.25) is 9.59 Å². The van der Waals surface area contributed by atoms with E-state index in [0.29, 0.717) is 21.4 Å². The molecule has 1 unspecified atom stereocenters. The van der Waals surface area contributed by atoms with Crippen LogP contribution >= 0.6 is 11.3 Å². The Morgan fingerprint density at radius 2 is 1.97 bits per heavy atom. The number of benzene rings is 2. The van der Waals surface area contributed by atoms with Crippen LogP contribution in [0.15, 0.2) is 58.7 Å². The van der Waals surface area contributed by atoms with Crippen LogP contribution in [-0.4, -0.2) is 27.4 Å². The van der Waals surface area contributed by atoms with Crippen molar-refractivity contribution in [3.8, 4) is 5.69 Å². The minimum atomic E-state index is -1.93. The number of halogens is 2. The molecule has 2 atom stereocenters. The summed E-state index contributed by atoms with van der Waals surface area (Å²) < 4.78 is 30.5. The number of rotatable bonds is 6. The number of alkyl halides is 1. The Labute approximate surface area is 198 Å². The minimum Gasteiger partial charge on any atom is -0.393 e. The van der Waals surface area contributed by atoms with E-state index >= 15 is 0 Å². The van der Waals surface area contributed by atoms with Gasteiger partial charge in [0.2, 0.25) is 0 Å². The summed E-state index contributed by atoms with van der Waals surface area (Å²) in [7, 11) is 0. The smallest absolute Gasteiger partial charge is 0.280 e. The fourth-order valence-electron chi connectivity index (χ4n) is 4.02. The summed E-state index contributed by atoms with van der Waals surface area (Å²) in [6.45, 7) is 4.10. The van der Waals surface area contributed by atoms with Crippen LogP contribution in [-0.2, 0) is 5.67 Å². The van der Waals surface area contributed by atoms with Crippen molar-refractivity contribution in [1.29, 1.82) is 0 Å². The second-order valence-electron chi connectivity index (χ2n) is 8.25. The lowest BCUT2D eigenvalue weighted by Gasteiger charge is -2.24. The van der Waals surface area contributed by atoms with Crippen LogP contribution in [0.25, 0.3) is 15.8 Å². The van der Waals surface area contributed by atoms with Gasteiger partial charge in [-0.2, -0.15) is 9.78 Å². The van der Waals surface area contributed by atoms with Crippen molar-refractivity contribution in [3.05, 3.63) is 92.5 Å². The molecule has 0 bridgehead atoms. The number of hydrogen-bond donors (Lipinski definition) is 2. The molecule has 2 aromatic carbocycles. The van der Waals surface area contributed by atoms with E-state index in [1.165, 1.54) is 36.5 Å². The lowest BCUT2D eigenvalue weighted by Crippen LogP contribution is -2.32. The molecule has 9 heteroatoms. The second kappa shape index (κ2) is 9.08. The Bertz CT molecular complexity index is 1450. The maximum atomic E-state index is 14.8. The summed E-state index contributed by atoms with van der Waals surface area (Å²) in [4.78, 5) is 26.2. The number of fused-ring (bicyclic) bond motifs is 1. The van der Waals surface area contributed by atoms with E-state index in [0.717, 1.165) is 4.68 Å². The first kappa shape index (κ1) is 23.7. The highest BCUT2D eigenvalue weighted by Crippen LogP contribution is 2.32. The maximum Gasteiger partial charge on any atom is 0.280 e. The average Bonchev–Trinajstić information content (AvgIpc) is 3.30. The number of thiophene rings is 1. The van der Waals surface area contributed by atoms with E-state index in [9.17, 15) is 23.5 Å². The highest BCUT2D eigenvalue weighted by molar-refractivity contribution is 7.17. The van der Waals surface area contributed by atoms with E-state index in [2.05, 4.69) is 10.4 Å². The molecule has 0 aliphatic heterocycles. The molecule has 0 radical (unpaired) electrons. The van der Waals surface area contributed by atoms with Gasteiger partial charge in [0.15, 0.2) is 11.4 Å². The largest absolute Gasteiger partial charge is 0.393 e. The number of aliphatic hydroxyl groups excluding tert-OH is 1. The van der Waals surface area contributed by atoms with Crippen LogP contribution in [0.3, 0.4) is 0 Å². The standard InChI is InChI=1S/C25H23F2N3O3S/c1-14-16(7-6-8-18(14)25(3,27)13-31)15(2)28-23(32)21-22-17(11-12-34-22)24(33)30(29-21)20-10-5-4-9-19(20)26/h4-12,15,31H,13H2,1-3H3,(H,28,32)/t15-,25?/m1/s1. The van der Waals surface area contributed by atoms with Gasteiger partial charge in [-0.15, -0.1) is 11.3 Å². The molecule has 1 amide bonds. The highest BCUT2D eigenvalue weighted by atomic mass is 32.1. The molecule has 0 saturated heterocycles. The first-order chi connectivity index (χ1) is 16.2. The predicted molar refractivity (Wildman–Crippen MR) is 128 cm³/mol. The summed E-state index contributed by atoms with van der Waals surface area (Å²) in [5, 5.41) is 18.4. The third-order valence-corrected chi connectivity index (χ3v) is 6.77. The van der Waals surface area contributed by atoms with Crippen molar-refractivity contribution in [2.75, 3.05) is 6.61 Å². The van der Waals surface area contributed by atoms with E-state index < -0.39 is 35.6 Å². The Morgan fingerprint density at radius 1 is 1.24 bits per heavy atom. The van der Waals surface area contributed by atoms with Crippen molar-refractivity contribution in [3.63, 3.8) is 0 Å². The molecule has 2 heterocycles. The summed E-state index contributed by atoms with van der Waals surface area (Å²) >= 11 is 1.19. The number of hydrogen-bond acceptors (Lipinski definition) is 5. The van der Waals surface area contributed by atoms with E-state index in [-0.39, 0.29) is 16.8 Å². The molecule has 2 aromatic heterocycles. The summed E-state index contributed by atoms with van der Waals surface area (Å²) in [6, 6.07) is 11.8. The number of amides is 1. The summed E-state index contributed by atoms with van der Waals surface area (Å²) in [5.41, 5.74) is -0.908. The number of aliphatic hydroxyl groups is 1. The predicted octanol–water partition coefficient (Wildman–Crippen LogP) is 4.56. The van der Waals surface area contributed by atoms with Crippen molar-refractivity contribution in [2.24, 2.45) is 0 Å². The Morgan fingerprint density at radius 3 is 2.68 bits per heavy atom. The molecule has 4 aromatic rings. The monoisotopic (exact) mass is 483 g/mol. The zero-order chi connectivity index (χ0) is 24.6. The first-order valence-electron chi connectivity index (χ1n) is 10.6. The Hall–Kier alpha value is -3.43. The number of nitrogens with one attached hydrogen (secondary N) is 1. The molecular weight excluding hydrogens is 460 g/mol. The zero-order valence-electron chi connectivity index (χ0n) is 18.8. The van der Waals surface area contributed by atoms with Crippen LogP contribution in [0.4, 0.5) is 8.78 Å². The SMILES string of the molecule is Cc1c([C@@H](C)NC(=O)c2nn(-c3ccccc3F)c(=O)c3ccsc23)cccc1C(C)(F)CO. The molecule has 176 valence electrons. The van der Waals surface area contributed by atoms with Gasteiger partial charge in [0.05, 0.1) is 22.7 Å². The average molecular weight is 484 g/mol. The van der Waals surface area contributed by atoms with Gasteiger partial charge >= 0.3 is 0 Å². The van der Waals surface area contributed by atoms with E-state index in [1.54, 1.807) is 49.6 Å². The molecule has 4 rings (SSSR count). The number of carbonyl (C=O) groups is 1. The first-order valence-corrected chi connectivity index (χ1v) is 11.5. The molecule has 6 nitrogen and oxygen atoms in total. The fraction of sp³-hybridized carbons (Fsp3) is 0.240. The van der Waals surface area contributed by atoms with Gasteiger partial charge in [-0.25, -0.2) is 8.78 Å². The zero-order valence-corrected chi connectivity index (χ0v) is 19.6. The number of aromatic nitrogens is 2. The van der Waals surface area contributed by atoms with Crippen molar-refractivity contribution in [1.82, 2.24) is 15.1 Å². The fourth-order valence-corrected chi connectivity index (χ4v) is 4.88. The van der Waals surface area contributed by atoms with Crippen molar-refractivity contribution < 1.29 is 18.7 Å². The van der Waals surface area contributed by atoms with E-state index in [1.807, 2.05) is 0 Å². The molecular formula is C25H23F2N3O3S. The van der Waals surface area contributed by atoms with Gasteiger partial charge in [-0.05, 0) is 61.0 Å². The van der Waals surface area contributed by atoms with Crippen LogP contribution in [0.2, 0.25) is 0 Å².